The minimum Gasteiger partial charge on any atom is -0.389 e. The average molecular weight is 228 g/mol. The molecule has 17 heavy (non-hydrogen) atoms. The summed E-state index contributed by atoms with van der Waals surface area (Å²) >= 11 is 0. The molecule has 3 unspecified atom stereocenters. The highest BCUT2D eigenvalue weighted by Gasteiger charge is 2.33. The van der Waals surface area contributed by atoms with Gasteiger partial charge in [0.1, 0.15) is 5.78 Å². The number of carbonyl (C=O) groups is 1. The van der Waals surface area contributed by atoms with E-state index in [0.29, 0.717) is 18.1 Å². The third-order valence-electron chi connectivity index (χ3n) is 3.84. The lowest BCUT2D eigenvalue weighted by Gasteiger charge is -2.20. The Labute approximate surface area is 101 Å². The second-order valence-electron chi connectivity index (χ2n) is 5.00. The van der Waals surface area contributed by atoms with Gasteiger partial charge >= 0.3 is 0 Å². The van der Waals surface area contributed by atoms with Gasteiger partial charge in [0.2, 0.25) is 0 Å². The normalized spacial score (nSPS) is 35.6. The summed E-state index contributed by atoms with van der Waals surface area (Å²) in [5, 5.41) is 9.40. The van der Waals surface area contributed by atoms with E-state index in [1.165, 1.54) is 11.1 Å². The molecule has 2 heteroatoms. The molecule has 3 aliphatic carbocycles. The smallest absolute Gasteiger partial charge is 0.140 e. The van der Waals surface area contributed by atoms with Crippen molar-refractivity contribution < 1.29 is 9.90 Å². The fourth-order valence-electron chi connectivity index (χ4n) is 2.84. The number of aliphatic hydroxyl groups is 1. The van der Waals surface area contributed by atoms with Crippen molar-refractivity contribution in [1.82, 2.24) is 0 Å². The predicted octanol–water partition coefficient (Wildman–Crippen LogP) is 2.33. The molecule has 0 radical (unpaired) electrons. The van der Waals surface area contributed by atoms with E-state index < -0.39 is 0 Å². The third-order valence-corrected chi connectivity index (χ3v) is 3.84. The highest BCUT2D eigenvalue weighted by atomic mass is 16.3. The summed E-state index contributed by atoms with van der Waals surface area (Å²) < 4.78 is 0. The summed E-state index contributed by atoms with van der Waals surface area (Å²) in [4.78, 5) is 11.6. The molecule has 0 amide bonds. The predicted molar refractivity (Wildman–Crippen MR) is 66.3 cm³/mol. The summed E-state index contributed by atoms with van der Waals surface area (Å²) in [6.45, 7) is 0. The number of hydrogen-bond acceptors (Lipinski definition) is 2. The van der Waals surface area contributed by atoms with Gasteiger partial charge in [-0.25, -0.2) is 0 Å². The SMILES string of the molecule is O=C1CCC2C=C(C3=CCC(O)C=C3)C=CC12. The maximum absolute atomic E-state index is 11.6. The number of carbonyl (C=O) groups excluding carboxylic acids is 1. The van der Waals surface area contributed by atoms with Crippen LogP contribution in [-0.2, 0) is 4.79 Å². The van der Waals surface area contributed by atoms with E-state index in [9.17, 15) is 9.90 Å². The fourth-order valence-corrected chi connectivity index (χ4v) is 2.84. The van der Waals surface area contributed by atoms with Crippen LogP contribution in [0.2, 0.25) is 0 Å². The van der Waals surface area contributed by atoms with Crippen LogP contribution >= 0.6 is 0 Å². The lowest BCUT2D eigenvalue weighted by atomic mass is 9.85. The number of allylic oxidation sites excluding steroid dienone is 6. The van der Waals surface area contributed by atoms with Crippen LogP contribution in [0.5, 0.6) is 0 Å². The highest BCUT2D eigenvalue weighted by molar-refractivity contribution is 5.86. The topological polar surface area (TPSA) is 37.3 Å². The molecule has 0 saturated heterocycles. The first-order chi connectivity index (χ1) is 8.24. The molecule has 0 bridgehead atoms. The van der Waals surface area contributed by atoms with Gasteiger partial charge in [-0.1, -0.05) is 36.5 Å². The van der Waals surface area contributed by atoms with E-state index in [1.807, 2.05) is 12.2 Å². The molecule has 0 spiro atoms. The second kappa shape index (κ2) is 4.11. The van der Waals surface area contributed by atoms with Gasteiger partial charge in [0.15, 0.2) is 0 Å². The summed E-state index contributed by atoms with van der Waals surface area (Å²) in [5.74, 6) is 0.895. The molecule has 3 aliphatic rings. The molecule has 1 saturated carbocycles. The van der Waals surface area contributed by atoms with Crippen molar-refractivity contribution in [1.29, 1.82) is 0 Å². The van der Waals surface area contributed by atoms with E-state index in [4.69, 9.17) is 0 Å². The van der Waals surface area contributed by atoms with Gasteiger partial charge in [0.25, 0.3) is 0 Å². The fraction of sp³-hybridized carbons (Fsp3) is 0.400. The monoisotopic (exact) mass is 228 g/mol. The highest BCUT2D eigenvalue weighted by Crippen LogP contribution is 2.37. The number of ketones is 1. The first-order valence-corrected chi connectivity index (χ1v) is 6.23. The first-order valence-electron chi connectivity index (χ1n) is 6.23. The van der Waals surface area contributed by atoms with E-state index >= 15 is 0 Å². The molecule has 3 atom stereocenters. The number of hydrogen-bond donors (Lipinski definition) is 1. The number of fused-ring (bicyclic) bond motifs is 1. The molecular formula is C15H16O2. The van der Waals surface area contributed by atoms with E-state index in [-0.39, 0.29) is 12.0 Å². The Morgan fingerprint density at radius 2 is 2.00 bits per heavy atom. The van der Waals surface area contributed by atoms with Crippen molar-refractivity contribution in [2.75, 3.05) is 0 Å². The van der Waals surface area contributed by atoms with Gasteiger partial charge in [-0.2, -0.15) is 0 Å². The van der Waals surface area contributed by atoms with E-state index in [0.717, 1.165) is 12.8 Å². The van der Waals surface area contributed by atoms with Gasteiger partial charge in [0, 0.05) is 12.3 Å². The Hall–Kier alpha value is -1.41. The van der Waals surface area contributed by atoms with Gasteiger partial charge in [-0.3, -0.25) is 4.79 Å². The first kappa shape index (κ1) is 10.7. The van der Waals surface area contributed by atoms with Crippen LogP contribution in [-0.4, -0.2) is 17.0 Å². The van der Waals surface area contributed by atoms with Crippen LogP contribution in [0.1, 0.15) is 19.3 Å². The Balaban J connectivity index is 1.83. The molecule has 0 aromatic rings. The van der Waals surface area contributed by atoms with Crippen LogP contribution in [0.4, 0.5) is 0 Å². The quantitative estimate of drug-likeness (QED) is 0.748. The zero-order valence-corrected chi connectivity index (χ0v) is 9.67. The Bertz CT molecular complexity index is 465. The largest absolute Gasteiger partial charge is 0.389 e. The van der Waals surface area contributed by atoms with Crippen molar-refractivity contribution >= 4 is 5.78 Å². The average Bonchev–Trinajstić information content (AvgIpc) is 2.72. The summed E-state index contributed by atoms with van der Waals surface area (Å²) in [6.07, 6.45) is 14.2. The van der Waals surface area contributed by atoms with Gasteiger partial charge in [-0.15, -0.1) is 0 Å². The van der Waals surface area contributed by atoms with Crippen LogP contribution in [0.3, 0.4) is 0 Å². The Morgan fingerprint density at radius 1 is 1.18 bits per heavy atom. The molecule has 0 aliphatic heterocycles. The van der Waals surface area contributed by atoms with Crippen LogP contribution in [0.15, 0.2) is 47.6 Å². The zero-order valence-electron chi connectivity index (χ0n) is 9.67. The minimum absolute atomic E-state index is 0.123. The van der Waals surface area contributed by atoms with Crippen molar-refractivity contribution in [3.63, 3.8) is 0 Å². The molecule has 1 fully saturated rings. The van der Waals surface area contributed by atoms with E-state index in [1.54, 1.807) is 0 Å². The van der Waals surface area contributed by atoms with Crippen molar-refractivity contribution in [2.24, 2.45) is 11.8 Å². The zero-order chi connectivity index (χ0) is 11.8. The Morgan fingerprint density at radius 3 is 2.76 bits per heavy atom. The van der Waals surface area contributed by atoms with E-state index in [2.05, 4.69) is 24.3 Å². The van der Waals surface area contributed by atoms with Crippen molar-refractivity contribution in [2.45, 2.75) is 25.4 Å². The molecule has 2 nitrogen and oxygen atoms in total. The number of rotatable bonds is 1. The Kier molecular flexibility index (Phi) is 2.60. The molecule has 0 aromatic carbocycles. The van der Waals surface area contributed by atoms with Crippen LogP contribution in [0, 0.1) is 11.8 Å². The molecule has 1 N–H and O–H groups in total. The molecule has 88 valence electrons. The minimum atomic E-state index is -0.340. The number of Topliss-reactive ketones (excluding diaryl/α,β-unsaturated/α-hetero) is 1. The van der Waals surface area contributed by atoms with Crippen molar-refractivity contribution in [3.8, 4) is 0 Å². The van der Waals surface area contributed by atoms with Gasteiger partial charge < -0.3 is 5.11 Å². The standard InChI is InChI=1S/C15H16O2/c16-13-5-1-10(2-6-13)11-3-7-14-12(9-11)4-8-15(14)17/h1-3,5,7,9,12-14,16H,4,6,8H2. The second-order valence-corrected chi connectivity index (χ2v) is 5.00. The summed E-state index contributed by atoms with van der Waals surface area (Å²) in [5.41, 5.74) is 2.37. The third kappa shape index (κ3) is 1.93. The molecule has 0 heterocycles. The molecule has 3 rings (SSSR count). The lowest BCUT2D eigenvalue weighted by Crippen LogP contribution is -2.14. The molecular weight excluding hydrogens is 212 g/mol. The van der Waals surface area contributed by atoms with Gasteiger partial charge in [0.05, 0.1) is 6.10 Å². The molecule has 0 aromatic heterocycles. The lowest BCUT2D eigenvalue weighted by molar-refractivity contribution is -0.119. The maximum Gasteiger partial charge on any atom is 0.140 e. The summed E-state index contributed by atoms with van der Waals surface area (Å²) in [7, 11) is 0. The van der Waals surface area contributed by atoms with Crippen molar-refractivity contribution in [3.05, 3.63) is 47.6 Å². The van der Waals surface area contributed by atoms with Crippen LogP contribution < -0.4 is 0 Å². The van der Waals surface area contributed by atoms with Crippen LogP contribution in [0.25, 0.3) is 0 Å². The maximum atomic E-state index is 11.6. The van der Waals surface area contributed by atoms with Gasteiger partial charge in [-0.05, 0) is 29.9 Å². The summed E-state index contributed by atoms with van der Waals surface area (Å²) in [6, 6.07) is 0. The number of aliphatic hydroxyl groups excluding tert-OH is 1.